The third kappa shape index (κ3) is 2.98. The van der Waals surface area contributed by atoms with Gasteiger partial charge in [0.05, 0.1) is 7.11 Å². The molecule has 1 rings (SSSR count). The second kappa shape index (κ2) is 4.78. The molecule has 0 spiro atoms. The minimum Gasteiger partial charge on any atom is -0.467 e. The monoisotopic (exact) mass is 200 g/mol. The van der Waals surface area contributed by atoms with Crippen LogP contribution in [0.15, 0.2) is 0 Å². The van der Waals surface area contributed by atoms with Crippen LogP contribution in [0.2, 0.25) is 0 Å². The van der Waals surface area contributed by atoms with Crippen LogP contribution < -0.4 is 0 Å². The first-order valence-electron chi connectivity index (χ1n) is 5.33. The van der Waals surface area contributed by atoms with Gasteiger partial charge in [0, 0.05) is 0 Å². The molecule has 1 aliphatic carbocycles. The Kier molecular flexibility index (Phi) is 3.93. The maximum absolute atomic E-state index is 11.1. The number of carbonyl (C=O) groups excluding carboxylic acids is 1. The van der Waals surface area contributed by atoms with Gasteiger partial charge >= 0.3 is 5.97 Å². The maximum atomic E-state index is 11.1. The van der Waals surface area contributed by atoms with E-state index in [0.29, 0.717) is 6.42 Å². The summed E-state index contributed by atoms with van der Waals surface area (Å²) in [7, 11) is 1.31. The van der Waals surface area contributed by atoms with Crippen LogP contribution in [0.3, 0.4) is 0 Å². The zero-order valence-electron chi connectivity index (χ0n) is 9.08. The summed E-state index contributed by atoms with van der Waals surface area (Å²) in [6, 6.07) is 0. The number of hydrogen-bond acceptors (Lipinski definition) is 3. The molecule has 0 aromatic rings. The average molecular weight is 200 g/mol. The van der Waals surface area contributed by atoms with Crippen LogP contribution in [0.1, 0.15) is 45.4 Å². The molecule has 1 fully saturated rings. The lowest BCUT2D eigenvalue weighted by atomic mass is 9.72. The van der Waals surface area contributed by atoms with Gasteiger partial charge in [-0.3, -0.25) is 0 Å². The van der Waals surface area contributed by atoms with E-state index >= 15 is 0 Å². The highest BCUT2D eigenvalue weighted by Crippen LogP contribution is 2.39. The number of rotatable bonds is 3. The van der Waals surface area contributed by atoms with Crippen LogP contribution in [-0.4, -0.2) is 24.3 Å². The smallest absolute Gasteiger partial charge is 0.334 e. The molecule has 1 N–H and O–H groups in total. The van der Waals surface area contributed by atoms with Crippen molar-refractivity contribution >= 4 is 5.97 Å². The first kappa shape index (κ1) is 11.5. The predicted octanol–water partition coefficient (Wildman–Crippen LogP) is 1.88. The first-order valence-corrected chi connectivity index (χ1v) is 5.33. The largest absolute Gasteiger partial charge is 0.467 e. The minimum atomic E-state index is -0.942. The number of aliphatic hydroxyl groups is 1. The number of esters is 1. The third-order valence-electron chi connectivity index (χ3n) is 3.22. The number of carbonyl (C=O) groups is 1. The van der Waals surface area contributed by atoms with Crippen LogP contribution in [0.4, 0.5) is 0 Å². The fourth-order valence-electron chi connectivity index (χ4n) is 2.30. The van der Waals surface area contributed by atoms with Crippen molar-refractivity contribution in [3.05, 3.63) is 0 Å². The Bertz CT molecular complexity index is 195. The summed E-state index contributed by atoms with van der Waals surface area (Å²) in [6.07, 6.45) is 5.53. The fourth-order valence-corrected chi connectivity index (χ4v) is 2.30. The second-order valence-electron chi connectivity index (χ2n) is 4.61. The summed E-state index contributed by atoms with van der Waals surface area (Å²) in [5, 5.41) is 9.56. The van der Waals surface area contributed by atoms with Gasteiger partial charge in [0.25, 0.3) is 0 Å². The predicted molar refractivity (Wildman–Crippen MR) is 53.8 cm³/mol. The van der Waals surface area contributed by atoms with Gasteiger partial charge in [-0.05, 0) is 24.7 Å². The molecular weight excluding hydrogens is 180 g/mol. The van der Waals surface area contributed by atoms with E-state index in [1.54, 1.807) is 0 Å². The van der Waals surface area contributed by atoms with Crippen LogP contribution in [0, 0.1) is 5.41 Å². The van der Waals surface area contributed by atoms with E-state index in [0.717, 1.165) is 12.8 Å². The van der Waals surface area contributed by atoms with E-state index in [1.807, 2.05) is 0 Å². The lowest BCUT2D eigenvalue weighted by Crippen LogP contribution is -2.31. The van der Waals surface area contributed by atoms with Crippen molar-refractivity contribution in [3.63, 3.8) is 0 Å². The molecule has 0 aliphatic heterocycles. The van der Waals surface area contributed by atoms with Crippen molar-refractivity contribution in [2.75, 3.05) is 7.11 Å². The molecule has 0 aromatic carbocycles. The Balaban J connectivity index is 2.44. The Morgan fingerprint density at radius 1 is 1.43 bits per heavy atom. The molecule has 0 heterocycles. The van der Waals surface area contributed by atoms with Gasteiger partial charge in [-0.15, -0.1) is 0 Å². The van der Waals surface area contributed by atoms with E-state index < -0.39 is 12.1 Å². The highest BCUT2D eigenvalue weighted by atomic mass is 16.5. The van der Waals surface area contributed by atoms with Gasteiger partial charge in [0.2, 0.25) is 0 Å². The van der Waals surface area contributed by atoms with Gasteiger partial charge in [0.1, 0.15) is 0 Å². The van der Waals surface area contributed by atoms with Crippen LogP contribution >= 0.6 is 0 Å². The molecular formula is C11H20O3. The molecule has 0 saturated heterocycles. The average Bonchev–Trinajstić information content (AvgIpc) is 2.17. The van der Waals surface area contributed by atoms with E-state index in [1.165, 1.54) is 26.4 Å². The van der Waals surface area contributed by atoms with Crippen molar-refractivity contribution in [2.24, 2.45) is 5.41 Å². The van der Waals surface area contributed by atoms with Crippen LogP contribution in [0.25, 0.3) is 0 Å². The third-order valence-corrected chi connectivity index (χ3v) is 3.22. The van der Waals surface area contributed by atoms with E-state index in [9.17, 15) is 9.90 Å². The molecule has 3 nitrogen and oxygen atoms in total. The van der Waals surface area contributed by atoms with Crippen molar-refractivity contribution in [2.45, 2.75) is 51.6 Å². The molecule has 0 amide bonds. The molecule has 14 heavy (non-hydrogen) atoms. The molecule has 1 aliphatic rings. The normalized spacial score (nSPS) is 22.8. The standard InChI is InChI=1S/C11H20O3/c1-11(6-4-3-5-7-11)8-9(12)10(13)14-2/h9,12H,3-8H2,1-2H3. The van der Waals surface area contributed by atoms with Crippen molar-refractivity contribution in [3.8, 4) is 0 Å². The molecule has 0 aromatic heterocycles. The van der Waals surface area contributed by atoms with Gasteiger partial charge < -0.3 is 9.84 Å². The Morgan fingerprint density at radius 2 is 2.00 bits per heavy atom. The molecule has 0 radical (unpaired) electrons. The topological polar surface area (TPSA) is 46.5 Å². The summed E-state index contributed by atoms with van der Waals surface area (Å²) < 4.78 is 4.51. The number of methoxy groups -OCH3 is 1. The molecule has 1 unspecified atom stereocenters. The summed E-state index contributed by atoms with van der Waals surface area (Å²) in [4.78, 5) is 11.1. The number of aliphatic hydroxyl groups excluding tert-OH is 1. The Hall–Kier alpha value is -0.570. The highest BCUT2D eigenvalue weighted by molar-refractivity contribution is 5.74. The summed E-state index contributed by atoms with van der Waals surface area (Å²) >= 11 is 0. The van der Waals surface area contributed by atoms with Crippen molar-refractivity contribution < 1.29 is 14.6 Å². The van der Waals surface area contributed by atoms with E-state index in [2.05, 4.69) is 11.7 Å². The lowest BCUT2D eigenvalue weighted by molar-refractivity contribution is -0.152. The van der Waals surface area contributed by atoms with E-state index in [-0.39, 0.29) is 5.41 Å². The highest BCUT2D eigenvalue weighted by Gasteiger charge is 2.32. The molecule has 3 heteroatoms. The quantitative estimate of drug-likeness (QED) is 0.707. The number of hydrogen-bond donors (Lipinski definition) is 1. The number of ether oxygens (including phenoxy) is 1. The zero-order chi connectivity index (χ0) is 10.6. The summed E-state index contributed by atoms with van der Waals surface area (Å²) in [5.41, 5.74) is 0.131. The molecule has 82 valence electrons. The van der Waals surface area contributed by atoms with E-state index in [4.69, 9.17) is 0 Å². The maximum Gasteiger partial charge on any atom is 0.334 e. The van der Waals surface area contributed by atoms with Crippen LogP contribution in [-0.2, 0) is 9.53 Å². The fraction of sp³-hybridized carbons (Fsp3) is 0.909. The van der Waals surface area contributed by atoms with Crippen molar-refractivity contribution in [1.29, 1.82) is 0 Å². The second-order valence-corrected chi connectivity index (χ2v) is 4.61. The molecule has 0 bridgehead atoms. The summed E-state index contributed by atoms with van der Waals surface area (Å²) in [5.74, 6) is -0.503. The van der Waals surface area contributed by atoms with Gasteiger partial charge in [-0.2, -0.15) is 0 Å². The lowest BCUT2D eigenvalue weighted by Gasteiger charge is -2.34. The molecule has 1 atom stereocenters. The van der Waals surface area contributed by atoms with Gasteiger partial charge in [-0.25, -0.2) is 4.79 Å². The molecule has 1 saturated carbocycles. The minimum absolute atomic E-state index is 0.131. The van der Waals surface area contributed by atoms with Gasteiger partial charge in [0.15, 0.2) is 6.10 Å². The SMILES string of the molecule is COC(=O)C(O)CC1(C)CCCCC1. The zero-order valence-corrected chi connectivity index (χ0v) is 9.08. The van der Waals surface area contributed by atoms with Crippen LogP contribution in [0.5, 0.6) is 0 Å². The van der Waals surface area contributed by atoms with Crippen molar-refractivity contribution in [1.82, 2.24) is 0 Å². The summed E-state index contributed by atoms with van der Waals surface area (Å²) in [6.45, 7) is 2.15. The Labute approximate surface area is 85.5 Å². The first-order chi connectivity index (χ1) is 6.57. The Morgan fingerprint density at radius 3 is 2.50 bits per heavy atom. The van der Waals surface area contributed by atoms with Gasteiger partial charge in [-0.1, -0.05) is 26.2 Å².